The van der Waals surface area contributed by atoms with Gasteiger partial charge in [-0.3, -0.25) is 4.79 Å². The third-order valence-corrected chi connectivity index (χ3v) is 4.24. The molecule has 1 unspecified atom stereocenters. The van der Waals surface area contributed by atoms with Crippen LogP contribution in [0.1, 0.15) is 31.1 Å². The smallest absolute Gasteiger partial charge is 0.311 e. The van der Waals surface area contributed by atoms with Crippen molar-refractivity contribution in [3.8, 4) is 0 Å². The van der Waals surface area contributed by atoms with Gasteiger partial charge in [0.15, 0.2) is 5.13 Å². The molecule has 1 aromatic carbocycles. The maximum absolute atomic E-state index is 11.4. The van der Waals surface area contributed by atoms with Crippen molar-refractivity contribution in [3.05, 3.63) is 45.4 Å². The Morgan fingerprint density at radius 2 is 2.14 bits per heavy atom. The number of anilines is 1. The number of hydrogen-bond donors (Lipinski definition) is 1. The highest BCUT2D eigenvalue weighted by Crippen LogP contribution is 2.23. The molecule has 0 saturated carbocycles. The van der Waals surface area contributed by atoms with Crippen LogP contribution in [0.25, 0.3) is 0 Å². The molecule has 6 heteroatoms. The topological polar surface area (TPSA) is 51.2 Å². The second-order valence-electron chi connectivity index (χ2n) is 4.54. The normalized spacial score (nSPS) is 12.0. The predicted octanol–water partition coefficient (Wildman–Crippen LogP) is 4.18. The molecule has 0 spiro atoms. The molecule has 4 nitrogen and oxygen atoms in total. The van der Waals surface area contributed by atoms with E-state index in [9.17, 15) is 4.79 Å². The first-order valence-corrected chi connectivity index (χ1v) is 8.37. The van der Waals surface area contributed by atoms with Crippen molar-refractivity contribution in [3.63, 3.8) is 0 Å². The summed E-state index contributed by atoms with van der Waals surface area (Å²) < 4.78 is 5.98. The molecule has 0 radical (unpaired) electrons. The number of carbonyl (C=O) groups is 1. The molecule has 21 heavy (non-hydrogen) atoms. The Morgan fingerprint density at radius 1 is 1.43 bits per heavy atom. The monoisotopic (exact) mass is 368 g/mol. The summed E-state index contributed by atoms with van der Waals surface area (Å²) in [5.41, 5.74) is 1.92. The second kappa shape index (κ2) is 7.56. The number of hydrogen-bond acceptors (Lipinski definition) is 5. The van der Waals surface area contributed by atoms with E-state index in [1.807, 2.05) is 17.5 Å². The number of carbonyl (C=O) groups excluding carboxylic acids is 1. The summed E-state index contributed by atoms with van der Waals surface area (Å²) in [6.07, 6.45) is 0.221. The van der Waals surface area contributed by atoms with Crippen LogP contribution in [0.5, 0.6) is 0 Å². The van der Waals surface area contributed by atoms with E-state index >= 15 is 0 Å². The standard InChI is InChI=1S/C15H17BrN2O2S/c1-3-20-14(19)8-13-9-21-15(18-13)17-10(2)11-4-6-12(16)7-5-11/h4-7,9-10H,3,8H2,1-2H3,(H,17,18). The Hall–Kier alpha value is -1.40. The van der Waals surface area contributed by atoms with Crippen molar-refractivity contribution in [1.82, 2.24) is 4.98 Å². The van der Waals surface area contributed by atoms with Crippen molar-refractivity contribution in [2.75, 3.05) is 11.9 Å². The van der Waals surface area contributed by atoms with Crippen LogP contribution < -0.4 is 5.32 Å². The largest absolute Gasteiger partial charge is 0.466 e. The average molecular weight is 369 g/mol. The van der Waals surface area contributed by atoms with Crippen LogP contribution in [0, 0.1) is 0 Å². The molecule has 1 N–H and O–H groups in total. The Labute approximate surface area is 136 Å². The zero-order valence-corrected chi connectivity index (χ0v) is 14.3. The number of benzene rings is 1. The van der Waals surface area contributed by atoms with Gasteiger partial charge in [-0.1, -0.05) is 28.1 Å². The van der Waals surface area contributed by atoms with E-state index in [1.54, 1.807) is 6.92 Å². The molecule has 2 aromatic rings. The van der Waals surface area contributed by atoms with Crippen molar-refractivity contribution >= 4 is 38.4 Å². The number of aromatic nitrogens is 1. The molecule has 2 rings (SSSR count). The summed E-state index contributed by atoms with van der Waals surface area (Å²) in [7, 11) is 0. The Kier molecular flexibility index (Phi) is 5.76. The van der Waals surface area contributed by atoms with Crippen LogP contribution in [0.15, 0.2) is 34.1 Å². The van der Waals surface area contributed by atoms with E-state index in [-0.39, 0.29) is 18.4 Å². The zero-order valence-electron chi connectivity index (χ0n) is 11.9. The summed E-state index contributed by atoms with van der Waals surface area (Å²) in [4.78, 5) is 15.8. The SMILES string of the molecule is CCOC(=O)Cc1csc(NC(C)c2ccc(Br)cc2)n1. The fourth-order valence-corrected chi connectivity index (χ4v) is 2.90. The van der Waals surface area contributed by atoms with Crippen LogP contribution in [-0.2, 0) is 16.0 Å². The molecule has 0 bridgehead atoms. The third kappa shape index (κ3) is 4.82. The first-order chi connectivity index (χ1) is 10.1. The fourth-order valence-electron chi connectivity index (χ4n) is 1.83. The number of thiazole rings is 1. The van der Waals surface area contributed by atoms with Gasteiger partial charge in [-0.25, -0.2) is 4.98 Å². The van der Waals surface area contributed by atoms with Gasteiger partial charge in [0.1, 0.15) is 0 Å². The van der Waals surface area contributed by atoms with E-state index in [2.05, 4.69) is 45.3 Å². The van der Waals surface area contributed by atoms with Crippen molar-refractivity contribution in [2.24, 2.45) is 0 Å². The summed E-state index contributed by atoms with van der Waals surface area (Å²) in [5.74, 6) is -0.240. The van der Waals surface area contributed by atoms with Crippen LogP contribution in [0.2, 0.25) is 0 Å². The third-order valence-electron chi connectivity index (χ3n) is 2.89. The maximum atomic E-state index is 11.4. The quantitative estimate of drug-likeness (QED) is 0.776. The molecule has 0 aliphatic heterocycles. The molecule has 0 fully saturated rings. The molecular weight excluding hydrogens is 352 g/mol. The lowest BCUT2D eigenvalue weighted by Crippen LogP contribution is -2.09. The summed E-state index contributed by atoms with van der Waals surface area (Å²) in [6.45, 7) is 4.27. The number of nitrogens with zero attached hydrogens (tertiary/aromatic N) is 1. The first kappa shape index (κ1) is 16.0. The molecular formula is C15H17BrN2O2S. The number of rotatable bonds is 6. The van der Waals surface area contributed by atoms with Gasteiger partial charge in [0.25, 0.3) is 0 Å². The lowest BCUT2D eigenvalue weighted by molar-refractivity contribution is -0.142. The lowest BCUT2D eigenvalue weighted by atomic mass is 10.1. The van der Waals surface area contributed by atoms with Gasteiger partial charge in [0.05, 0.1) is 24.8 Å². The number of nitrogens with one attached hydrogen (secondary N) is 1. The molecule has 0 saturated heterocycles. The minimum Gasteiger partial charge on any atom is -0.466 e. The average Bonchev–Trinajstić information content (AvgIpc) is 2.86. The molecule has 0 aliphatic carbocycles. The van der Waals surface area contributed by atoms with E-state index in [0.29, 0.717) is 6.61 Å². The van der Waals surface area contributed by atoms with Gasteiger partial charge < -0.3 is 10.1 Å². The van der Waals surface area contributed by atoms with Crippen molar-refractivity contribution < 1.29 is 9.53 Å². The minimum atomic E-state index is -0.240. The molecule has 112 valence electrons. The summed E-state index contributed by atoms with van der Waals surface area (Å²) in [5, 5.41) is 6.04. The molecule has 0 aliphatic rings. The lowest BCUT2D eigenvalue weighted by Gasteiger charge is -2.13. The van der Waals surface area contributed by atoms with Crippen molar-refractivity contribution in [1.29, 1.82) is 0 Å². The van der Waals surface area contributed by atoms with Gasteiger partial charge in [-0.15, -0.1) is 11.3 Å². The number of ether oxygens (including phenoxy) is 1. The Balaban J connectivity index is 1.95. The summed E-state index contributed by atoms with van der Waals surface area (Å²) >= 11 is 4.92. The van der Waals surface area contributed by atoms with Gasteiger partial charge in [0, 0.05) is 9.85 Å². The Morgan fingerprint density at radius 3 is 2.81 bits per heavy atom. The molecule has 0 amide bonds. The highest BCUT2D eigenvalue weighted by Gasteiger charge is 2.11. The van der Waals surface area contributed by atoms with Crippen molar-refractivity contribution in [2.45, 2.75) is 26.3 Å². The second-order valence-corrected chi connectivity index (χ2v) is 6.32. The van der Waals surface area contributed by atoms with Gasteiger partial charge in [-0.2, -0.15) is 0 Å². The highest BCUT2D eigenvalue weighted by molar-refractivity contribution is 9.10. The molecule has 1 aromatic heterocycles. The summed E-state index contributed by atoms with van der Waals surface area (Å²) in [6, 6.07) is 8.31. The van der Waals surface area contributed by atoms with Gasteiger partial charge >= 0.3 is 5.97 Å². The van der Waals surface area contributed by atoms with Gasteiger partial charge in [0.2, 0.25) is 0 Å². The van der Waals surface area contributed by atoms with E-state index in [1.165, 1.54) is 16.9 Å². The molecule has 1 heterocycles. The first-order valence-electron chi connectivity index (χ1n) is 6.70. The number of halogens is 1. The molecule has 1 atom stereocenters. The fraction of sp³-hybridized carbons (Fsp3) is 0.333. The van der Waals surface area contributed by atoms with E-state index in [0.717, 1.165) is 15.3 Å². The van der Waals surface area contributed by atoms with E-state index in [4.69, 9.17) is 4.74 Å². The predicted molar refractivity (Wildman–Crippen MR) is 88.6 cm³/mol. The number of esters is 1. The van der Waals surface area contributed by atoms with E-state index < -0.39 is 0 Å². The van der Waals surface area contributed by atoms with Gasteiger partial charge in [-0.05, 0) is 31.5 Å². The zero-order chi connectivity index (χ0) is 15.2. The minimum absolute atomic E-state index is 0.152. The maximum Gasteiger partial charge on any atom is 0.311 e. The van der Waals surface area contributed by atoms with Crippen LogP contribution in [-0.4, -0.2) is 17.6 Å². The highest BCUT2D eigenvalue weighted by atomic mass is 79.9. The van der Waals surface area contributed by atoms with Crippen LogP contribution in [0.4, 0.5) is 5.13 Å². The Bertz CT molecular complexity index is 598. The van der Waals surface area contributed by atoms with Crippen LogP contribution in [0.3, 0.4) is 0 Å². The van der Waals surface area contributed by atoms with Crippen LogP contribution >= 0.6 is 27.3 Å².